The van der Waals surface area contributed by atoms with Crippen LogP contribution in [-0.4, -0.2) is 140 Å². The second kappa shape index (κ2) is 25.4. The van der Waals surface area contributed by atoms with Crippen molar-refractivity contribution in [3.8, 4) is 34.5 Å². The molecule has 0 bridgehead atoms. The van der Waals surface area contributed by atoms with Crippen molar-refractivity contribution in [3.63, 3.8) is 0 Å². The largest absolute Gasteiger partial charge is 0.493 e. The van der Waals surface area contributed by atoms with Gasteiger partial charge in [0.25, 0.3) is 0 Å². The van der Waals surface area contributed by atoms with Gasteiger partial charge in [-0.2, -0.15) is 0 Å². The monoisotopic (exact) mass is 802 g/mol. The van der Waals surface area contributed by atoms with Gasteiger partial charge in [-0.3, -0.25) is 9.59 Å². The van der Waals surface area contributed by atoms with Gasteiger partial charge >= 0.3 is 0 Å². The Balaban J connectivity index is 1.05. The van der Waals surface area contributed by atoms with Crippen LogP contribution in [0.2, 0.25) is 0 Å². The van der Waals surface area contributed by atoms with Gasteiger partial charge in [-0.05, 0) is 87.3 Å². The highest BCUT2D eigenvalue weighted by molar-refractivity contribution is 5.88. The number of hydrogen-bond donors (Lipinski definition) is 0. The number of nitrogens with zero attached hydrogens (tertiary/aromatic N) is 4. The quantitative estimate of drug-likeness (QED) is 0.0747. The van der Waals surface area contributed by atoms with Gasteiger partial charge in [0.15, 0.2) is 23.0 Å². The highest BCUT2D eigenvalue weighted by Crippen LogP contribution is 2.39. The van der Waals surface area contributed by atoms with Crippen LogP contribution in [0.15, 0.2) is 60.7 Å². The van der Waals surface area contributed by atoms with Gasteiger partial charge in [0.2, 0.25) is 23.3 Å². The molecular weight excluding hydrogens is 737 g/mol. The maximum atomic E-state index is 12.9. The van der Waals surface area contributed by atoms with Crippen LogP contribution in [0.4, 0.5) is 0 Å². The fourth-order valence-electron chi connectivity index (χ4n) is 7.42. The van der Waals surface area contributed by atoms with E-state index in [1.807, 2.05) is 58.4 Å². The third kappa shape index (κ3) is 14.5. The second-order valence-electron chi connectivity index (χ2n) is 14.5. The van der Waals surface area contributed by atoms with E-state index in [-0.39, 0.29) is 11.8 Å². The molecule has 2 aromatic rings. The summed E-state index contributed by atoms with van der Waals surface area (Å²) in [6.45, 7) is 9.20. The molecule has 0 unspecified atom stereocenters. The van der Waals surface area contributed by atoms with Crippen molar-refractivity contribution in [3.05, 3.63) is 71.8 Å². The Labute approximate surface area is 346 Å². The molecule has 0 spiro atoms. The molecule has 12 heteroatoms. The highest BCUT2D eigenvalue weighted by Gasteiger charge is 2.19. The van der Waals surface area contributed by atoms with Gasteiger partial charge in [-0.15, -0.1) is 0 Å². The summed E-state index contributed by atoms with van der Waals surface area (Å²) in [6.07, 6.45) is 23.8. The van der Waals surface area contributed by atoms with E-state index >= 15 is 0 Å². The number of amides is 2. The Hall–Kier alpha value is -4.94. The van der Waals surface area contributed by atoms with Gasteiger partial charge < -0.3 is 48.0 Å². The van der Waals surface area contributed by atoms with Gasteiger partial charge in [0.05, 0.1) is 42.7 Å². The van der Waals surface area contributed by atoms with Crippen LogP contribution in [0, 0.1) is 0 Å². The van der Waals surface area contributed by atoms with E-state index in [2.05, 4.69) is 9.80 Å². The summed E-state index contributed by atoms with van der Waals surface area (Å²) in [6, 6.07) is 7.49. The van der Waals surface area contributed by atoms with Crippen molar-refractivity contribution in [2.45, 2.75) is 51.4 Å². The van der Waals surface area contributed by atoms with Crippen LogP contribution >= 0.6 is 0 Å². The van der Waals surface area contributed by atoms with Gasteiger partial charge in [-0.25, -0.2) is 0 Å². The molecule has 58 heavy (non-hydrogen) atoms. The molecule has 2 fully saturated rings. The van der Waals surface area contributed by atoms with E-state index in [4.69, 9.17) is 28.4 Å². The van der Waals surface area contributed by atoms with E-state index < -0.39 is 0 Å². The summed E-state index contributed by atoms with van der Waals surface area (Å²) < 4.78 is 32.5. The van der Waals surface area contributed by atoms with Gasteiger partial charge in [0, 0.05) is 51.4 Å². The maximum absolute atomic E-state index is 12.9. The molecule has 0 aromatic heterocycles. The van der Waals surface area contributed by atoms with Gasteiger partial charge in [-0.1, -0.05) is 62.1 Å². The average molecular weight is 803 g/mol. The molecular formula is C46H66N4O8. The Kier molecular flexibility index (Phi) is 20.1. The minimum absolute atomic E-state index is 0.0500. The van der Waals surface area contributed by atoms with E-state index in [0.717, 1.165) is 89.4 Å². The number of hydrogen-bond acceptors (Lipinski definition) is 10. The normalized spacial score (nSPS) is 16.0. The third-order valence-corrected chi connectivity index (χ3v) is 10.7. The van der Waals surface area contributed by atoms with Crippen LogP contribution in [0.1, 0.15) is 62.5 Å². The molecule has 2 aliphatic heterocycles. The molecule has 2 heterocycles. The first kappa shape index (κ1) is 45.8. The summed E-state index contributed by atoms with van der Waals surface area (Å²) >= 11 is 0. The molecule has 12 nitrogen and oxygen atoms in total. The van der Waals surface area contributed by atoms with E-state index in [0.29, 0.717) is 34.5 Å². The average Bonchev–Trinajstić information content (AvgIpc) is 3.65. The minimum atomic E-state index is 0.0500. The molecule has 0 radical (unpaired) electrons. The number of benzene rings is 2. The minimum Gasteiger partial charge on any atom is -0.493 e. The number of carbonyl (C=O) groups is 2. The lowest BCUT2D eigenvalue weighted by molar-refractivity contribution is -0.126. The Morgan fingerprint density at radius 3 is 1.17 bits per heavy atom. The predicted molar refractivity (Wildman–Crippen MR) is 232 cm³/mol. The lowest BCUT2D eigenvalue weighted by atomic mass is 10.1. The number of rotatable bonds is 21. The number of ether oxygens (including phenoxy) is 6. The lowest BCUT2D eigenvalue weighted by Gasteiger charge is -2.21. The summed E-state index contributed by atoms with van der Waals surface area (Å²) in [5.41, 5.74) is 1.78. The predicted octanol–water partition coefficient (Wildman–Crippen LogP) is 6.99. The topological polar surface area (TPSA) is 102 Å². The summed E-state index contributed by atoms with van der Waals surface area (Å²) in [4.78, 5) is 34.8. The smallest absolute Gasteiger partial charge is 0.246 e. The first-order chi connectivity index (χ1) is 28.3. The third-order valence-electron chi connectivity index (χ3n) is 10.7. The molecule has 0 saturated carbocycles. The number of methoxy groups -OCH3 is 6. The SMILES string of the molecule is COc1cc(C=CC=CC(=O)N2CCCN(CCCCCCCCN3CCCN(C(=O)C=CC=Cc4cc(OC)c(OC)c(OC)c4)CC3)CC2)cc(OC)c1OC. The molecule has 2 aromatic carbocycles. The molecule has 2 saturated heterocycles. The van der Waals surface area contributed by atoms with E-state index in [1.54, 1.807) is 67.0 Å². The lowest BCUT2D eigenvalue weighted by Crippen LogP contribution is -2.34. The standard InChI is InChI=1S/C46H66N4O8/c1-53-39-33-37(34-40(54-2)45(39)57-5)19-11-13-21-43(51)49-27-17-25-47(29-31-49)23-15-9-7-8-10-16-24-48-26-18-28-50(32-30-48)44(52)22-14-12-20-38-35-41(55-3)46(58-6)42(36-38)56-4/h11-14,19-22,33-36H,7-10,15-18,23-32H2,1-6H3. The van der Waals surface area contributed by atoms with E-state index in [1.165, 1.54) is 38.5 Å². The Bertz CT molecular complexity index is 1530. The molecule has 2 amide bonds. The number of allylic oxidation sites excluding steroid dienone is 4. The van der Waals surface area contributed by atoms with Crippen LogP contribution in [0.5, 0.6) is 34.5 Å². The Morgan fingerprint density at radius 2 is 0.828 bits per heavy atom. The number of unbranched alkanes of at least 4 members (excludes halogenated alkanes) is 5. The molecule has 2 aliphatic rings. The van der Waals surface area contributed by atoms with Crippen molar-refractivity contribution in [2.75, 3.05) is 108 Å². The van der Waals surface area contributed by atoms with Crippen LogP contribution in [-0.2, 0) is 9.59 Å². The second-order valence-corrected chi connectivity index (χ2v) is 14.5. The van der Waals surface area contributed by atoms with Crippen molar-refractivity contribution >= 4 is 24.0 Å². The zero-order valence-electron chi connectivity index (χ0n) is 35.7. The van der Waals surface area contributed by atoms with Crippen LogP contribution in [0.3, 0.4) is 0 Å². The summed E-state index contributed by atoms with van der Waals surface area (Å²) in [7, 11) is 9.54. The van der Waals surface area contributed by atoms with E-state index in [9.17, 15) is 9.59 Å². The van der Waals surface area contributed by atoms with Crippen molar-refractivity contribution in [2.24, 2.45) is 0 Å². The molecule has 0 aliphatic carbocycles. The molecule has 0 N–H and O–H groups in total. The van der Waals surface area contributed by atoms with Crippen molar-refractivity contribution in [1.82, 2.24) is 19.6 Å². The van der Waals surface area contributed by atoms with Crippen LogP contribution in [0.25, 0.3) is 12.2 Å². The number of carbonyl (C=O) groups excluding carboxylic acids is 2. The maximum Gasteiger partial charge on any atom is 0.246 e. The fraction of sp³-hybridized carbons (Fsp3) is 0.522. The highest BCUT2D eigenvalue weighted by atomic mass is 16.5. The van der Waals surface area contributed by atoms with Crippen molar-refractivity contribution in [1.29, 1.82) is 0 Å². The first-order valence-electron chi connectivity index (χ1n) is 20.7. The fourth-order valence-corrected chi connectivity index (χ4v) is 7.42. The summed E-state index contributed by atoms with van der Waals surface area (Å²) in [5, 5.41) is 0. The molecule has 0 atom stereocenters. The molecule has 4 rings (SSSR count). The zero-order valence-corrected chi connectivity index (χ0v) is 35.7. The zero-order chi connectivity index (χ0) is 41.5. The van der Waals surface area contributed by atoms with Gasteiger partial charge in [0.1, 0.15) is 0 Å². The Morgan fingerprint density at radius 1 is 0.466 bits per heavy atom. The first-order valence-corrected chi connectivity index (χ1v) is 20.7. The van der Waals surface area contributed by atoms with Crippen LogP contribution < -0.4 is 28.4 Å². The summed E-state index contributed by atoms with van der Waals surface area (Å²) in [5.74, 6) is 3.56. The van der Waals surface area contributed by atoms with Crippen molar-refractivity contribution < 1.29 is 38.0 Å². The molecule has 318 valence electrons.